The van der Waals surface area contributed by atoms with Crippen LogP contribution in [0.4, 0.5) is 4.39 Å². The van der Waals surface area contributed by atoms with E-state index in [-0.39, 0.29) is 12.4 Å². The summed E-state index contributed by atoms with van der Waals surface area (Å²) in [6, 6.07) is 3.75. The van der Waals surface area contributed by atoms with Gasteiger partial charge in [-0.1, -0.05) is 12.0 Å². The summed E-state index contributed by atoms with van der Waals surface area (Å²) in [7, 11) is 0. The number of carboxylic acids is 1. The van der Waals surface area contributed by atoms with Crippen LogP contribution in [0.15, 0.2) is 18.2 Å². The largest absolute Gasteiger partial charge is 0.480 e. The van der Waals surface area contributed by atoms with Gasteiger partial charge in [-0.25, -0.2) is 9.18 Å². The number of benzene rings is 1. The van der Waals surface area contributed by atoms with Gasteiger partial charge in [-0.2, -0.15) is 0 Å². The number of carbonyl (C=O) groups is 1. The van der Waals surface area contributed by atoms with Gasteiger partial charge in [0, 0.05) is 0 Å². The van der Waals surface area contributed by atoms with Crippen molar-refractivity contribution in [3.63, 3.8) is 0 Å². The van der Waals surface area contributed by atoms with Crippen LogP contribution in [-0.2, 0) is 0 Å². The summed E-state index contributed by atoms with van der Waals surface area (Å²) in [5.74, 6) is -0.116. The van der Waals surface area contributed by atoms with Crippen molar-refractivity contribution in [1.82, 2.24) is 0 Å². The van der Waals surface area contributed by atoms with Crippen molar-refractivity contribution in [2.45, 2.75) is 0 Å². The SMILES string of the molecule is C#CCOc1cccc(F)c1C(=O)O. The number of hydrogen-bond donors (Lipinski definition) is 1. The third kappa shape index (κ3) is 2.02. The summed E-state index contributed by atoms with van der Waals surface area (Å²) in [6.45, 7) is -0.0935. The molecule has 0 aliphatic heterocycles. The number of rotatable bonds is 3. The van der Waals surface area contributed by atoms with Gasteiger partial charge in [0.1, 0.15) is 23.7 Å². The minimum atomic E-state index is -1.38. The molecule has 0 aliphatic rings. The summed E-state index contributed by atoms with van der Waals surface area (Å²) >= 11 is 0. The van der Waals surface area contributed by atoms with Gasteiger partial charge in [0.15, 0.2) is 0 Å². The fourth-order valence-electron chi connectivity index (χ4n) is 0.952. The first-order valence-electron chi connectivity index (χ1n) is 3.75. The van der Waals surface area contributed by atoms with Gasteiger partial charge in [0.2, 0.25) is 0 Å². The second kappa shape index (κ2) is 4.28. The zero-order valence-electron chi connectivity index (χ0n) is 7.16. The van der Waals surface area contributed by atoms with E-state index in [1.807, 2.05) is 0 Å². The van der Waals surface area contributed by atoms with E-state index < -0.39 is 17.3 Å². The molecule has 0 amide bonds. The van der Waals surface area contributed by atoms with Gasteiger partial charge in [-0.3, -0.25) is 0 Å². The molecule has 1 rings (SSSR count). The molecule has 0 spiro atoms. The number of aromatic carboxylic acids is 1. The van der Waals surface area contributed by atoms with Crippen LogP contribution < -0.4 is 4.74 Å². The normalized spacial score (nSPS) is 9.14. The predicted octanol–water partition coefficient (Wildman–Crippen LogP) is 1.54. The molecule has 0 aliphatic carbocycles. The van der Waals surface area contributed by atoms with Crippen LogP contribution in [0, 0.1) is 18.2 Å². The number of terminal acetylenes is 1. The monoisotopic (exact) mass is 194 g/mol. The van der Waals surface area contributed by atoms with Crippen molar-refractivity contribution in [3.8, 4) is 18.1 Å². The Morgan fingerprint density at radius 1 is 1.64 bits per heavy atom. The van der Waals surface area contributed by atoms with E-state index in [4.69, 9.17) is 16.3 Å². The molecular weight excluding hydrogens is 187 g/mol. The average Bonchev–Trinajstić information content (AvgIpc) is 2.14. The molecule has 0 aromatic heterocycles. The molecule has 0 bridgehead atoms. The first-order valence-corrected chi connectivity index (χ1v) is 3.75. The lowest BCUT2D eigenvalue weighted by Crippen LogP contribution is -2.05. The van der Waals surface area contributed by atoms with Crippen LogP contribution in [0.1, 0.15) is 10.4 Å². The fourth-order valence-corrected chi connectivity index (χ4v) is 0.952. The maximum Gasteiger partial charge on any atom is 0.342 e. The smallest absolute Gasteiger partial charge is 0.342 e. The Balaban J connectivity index is 3.09. The van der Waals surface area contributed by atoms with Crippen LogP contribution in [0.2, 0.25) is 0 Å². The van der Waals surface area contributed by atoms with Gasteiger partial charge in [0.25, 0.3) is 0 Å². The second-order valence-corrected chi connectivity index (χ2v) is 2.41. The highest BCUT2D eigenvalue weighted by molar-refractivity contribution is 5.91. The zero-order chi connectivity index (χ0) is 10.6. The first-order chi connectivity index (χ1) is 6.66. The van der Waals surface area contributed by atoms with Crippen LogP contribution in [0.5, 0.6) is 5.75 Å². The third-order valence-electron chi connectivity index (χ3n) is 1.50. The highest BCUT2D eigenvalue weighted by Crippen LogP contribution is 2.21. The van der Waals surface area contributed by atoms with Gasteiger partial charge < -0.3 is 9.84 Å². The Labute approximate surface area is 80.1 Å². The summed E-state index contributed by atoms with van der Waals surface area (Å²) in [5.41, 5.74) is -0.497. The van der Waals surface area contributed by atoms with Gasteiger partial charge in [-0.15, -0.1) is 6.42 Å². The van der Waals surface area contributed by atoms with E-state index in [0.717, 1.165) is 6.07 Å². The maximum atomic E-state index is 13.0. The number of halogens is 1. The highest BCUT2D eigenvalue weighted by Gasteiger charge is 2.16. The third-order valence-corrected chi connectivity index (χ3v) is 1.50. The molecule has 0 heterocycles. The van der Waals surface area contributed by atoms with E-state index >= 15 is 0 Å². The Hall–Kier alpha value is -2.02. The van der Waals surface area contributed by atoms with E-state index in [0.29, 0.717) is 0 Å². The highest BCUT2D eigenvalue weighted by atomic mass is 19.1. The number of ether oxygens (including phenoxy) is 1. The predicted molar refractivity (Wildman–Crippen MR) is 47.7 cm³/mol. The molecule has 0 atom stereocenters. The fraction of sp³-hybridized carbons (Fsp3) is 0.100. The van der Waals surface area contributed by atoms with Crippen molar-refractivity contribution in [2.75, 3.05) is 6.61 Å². The Morgan fingerprint density at radius 3 is 2.93 bits per heavy atom. The molecule has 0 unspecified atom stereocenters. The molecular formula is C10H7FO3. The molecule has 0 saturated carbocycles. The Kier molecular flexibility index (Phi) is 3.08. The van der Waals surface area contributed by atoms with Crippen LogP contribution in [0.3, 0.4) is 0 Å². The Morgan fingerprint density at radius 2 is 2.36 bits per heavy atom. The van der Waals surface area contributed by atoms with Gasteiger partial charge in [0.05, 0.1) is 0 Å². The molecule has 1 aromatic rings. The minimum absolute atomic E-state index is 0.0598. The first kappa shape index (κ1) is 10.1. The topological polar surface area (TPSA) is 46.5 Å². The standard InChI is InChI=1S/C10H7FO3/c1-2-6-14-8-5-3-4-7(11)9(8)10(12)13/h1,3-5H,6H2,(H,12,13). The molecule has 72 valence electrons. The Bertz CT molecular complexity index is 393. The van der Waals surface area contributed by atoms with Crippen molar-refractivity contribution in [3.05, 3.63) is 29.6 Å². The lowest BCUT2D eigenvalue weighted by Gasteiger charge is -2.06. The summed E-state index contributed by atoms with van der Waals surface area (Å²) in [6.07, 6.45) is 4.92. The zero-order valence-corrected chi connectivity index (χ0v) is 7.16. The van der Waals surface area contributed by atoms with E-state index in [2.05, 4.69) is 5.92 Å². The van der Waals surface area contributed by atoms with Crippen LogP contribution in [-0.4, -0.2) is 17.7 Å². The number of hydrogen-bond acceptors (Lipinski definition) is 2. The van der Waals surface area contributed by atoms with Crippen LogP contribution >= 0.6 is 0 Å². The molecule has 1 N–H and O–H groups in total. The van der Waals surface area contributed by atoms with Crippen molar-refractivity contribution in [2.24, 2.45) is 0 Å². The molecule has 0 radical (unpaired) electrons. The quantitative estimate of drug-likeness (QED) is 0.742. The second-order valence-electron chi connectivity index (χ2n) is 2.41. The lowest BCUT2D eigenvalue weighted by atomic mass is 10.2. The van der Waals surface area contributed by atoms with Crippen molar-refractivity contribution < 1.29 is 19.0 Å². The summed E-state index contributed by atoms with van der Waals surface area (Å²) in [4.78, 5) is 10.6. The van der Waals surface area contributed by atoms with E-state index in [9.17, 15) is 9.18 Å². The van der Waals surface area contributed by atoms with Crippen molar-refractivity contribution >= 4 is 5.97 Å². The maximum absolute atomic E-state index is 13.0. The average molecular weight is 194 g/mol. The van der Waals surface area contributed by atoms with E-state index in [1.165, 1.54) is 12.1 Å². The van der Waals surface area contributed by atoms with Crippen molar-refractivity contribution in [1.29, 1.82) is 0 Å². The molecule has 0 fully saturated rings. The summed E-state index contributed by atoms with van der Waals surface area (Å²) in [5, 5.41) is 8.67. The van der Waals surface area contributed by atoms with Crippen LogP contribution in [0.25, 0.3) is 0 Å². The molecule has 0 saturated heterocycles. The number of carboxylic acid groups (broad SMARTS) is 1. The molecule has 3 nitrogen and oxygen atoms in total. The van der Waals surface area contributed by atoms with Gasteiger partial charge in [-0.05, 0) is 12.1 Å². The molecule has 4 heteroatoms. The molecule has 14 heavy (non-hydrogen) atoms. The van der Waals surface area contributed by atoms with E-state index in [1.54, 1.807) is 0 Å². The lowest BCUT2D eigenvalue weighted by molar-refractivity contribution is 0.0687. The minimum Gasteiger partial charge on any atom is -0.480 e. The van der Waals surface area contributed by atoms with Gasteiger partial charge >= 0.3 is 5.97 Å². The molecule has 1 aromatic carbocycles. The summed E-state index contributed by atoms with van der Waals surface area (Å²) < 4.78 is 17.9.